The number of ether oxygens (including phenoxy) is 3. The highest BCUT2D eigenvalue weighted by Gasteiger charge is 2.54. The lowest BCUT2D eigenvalue weighted by Crippen LogP contribution is -2.53. The molecule has 2 aromatic carbocycles. The number of rotatable bonds is 4. The second-order valence-electron chi connectivity index (χ2n) is 8.22. The molecule has 3 heterocycles. The second kappa shape index (κ2) is 8.49. The third kappa shape index (κ3) is 3.67. The predicted molar refractivity (Wildman–Crippen MR) is 118 cm³/mol. The Morgan fingerprint density at radius 2 is 1.61 bits per heavy atom. The number of amides is 1. The molecule has 1 amide bonds. The second-order valence-corrected chi connectivity index (χ2v) is 8.22. The number of carbonyl (C=O) groups is 1. The molecule has 0 saturated carbocycles. The van der Waals surface area contributed by atoms with Crippen LogP contribution in [0.1, 0.15) is 18.4 Å². The maximum atomic E-state index is 13.5. The van der Waals surface area contributed by atoms with E-state index in [-0.39, 0.29) is 5.91 Å². The summed E-state index contributed by atoms with van der Waals surface area (Å²) >= 11 is 0. The number of hydrogen-bond acceptors (Lipinski definition) is 6. The topological polar surface area (TPSA) is 54.5 Å². The van der Waals surface area contributed by atoms with Crippen LogP contribution in [0.2, 0.25) is 0 Å². The highest BCUT2D eigenvalue weighted by atomic mass is 16.7. The van der Waals surface area contributed by atoms with E-state index in [0.29, 0.717) is 19.9 Å². The van der Waals surface area contributed by atoms with Crippen molar-refractivity contribution in [2.24, 2.45) is 0 Å². The fraction of sp³-hybridized carbons (Fsp3) is 0.458. The number of hydrogen-bond donors (Lipinski definition) is 0. The zero-order valence-corrected chi connectivity index (χ0v) is 18.0. The monoisotopic (exact) mass is 423 g/mol. The molecule has 1 spiro atoms. The van der Waals surface area contributed by atoms with Gasteiger partial charge in [-0.1, -0.05) is 18.2 Å². The molecular formula is C24H29N3O4. The van der Waals surface area contributed by atoms with Crippen LogP contribution >= 0.6 is 0 Å². The van der Waals surface area contributed by atoms with Crippen LogP contribution < -0.4 is 14.5 Å². The summed E-state index contributed by atoms with van der Waals surface area (Å²) < 4.78 is 17.4. The average Bonchev–Trinajstić information content (AvgIpc) is 2.98. The van der Waals surface area contributed by atoms with E-state index in [4.69, 9.17) is 14.2 Å². The van der Waals surface area contributed by atoms with Crippen LogP contribution in [-0.2, 0) is 20.1 Å². The Kier molecular flexibility index (Phi) is 5.56. The molecule has 31 heavy (non-hydrogen) atoms. The minimum Gasteiger partial charge on any atom is -0.497 e. The van der Waals surface area contributed by atoms with Gasteiger partial charge in [0.2, 0.25) is 0 Å². The van der Waals surface area contributed by atoms with Gasteiger partial charge in [-0.3, -0.25) is 14.6 Å². The average molecular weight is 424 g/mol. The van der Waals surface area contributed by atoms with Crippen LogP contribution in [0.4, 0.5) is 11.4 Å². The molecule has 164 valence electrons. The van der Waals surface area contributed by atoms with Gasteiger partial charge in [0.1, 0.15) is 5.75 Å². The standard InChI is InChI=1S/C24H29N3O4/c1-29-20-10-8-19(9-11-20)26-14-12-25(13-15-26)18-27-22-7-3-2-6-21(22)24(23(27)28)30-16-4-5-17-31-24/h2-3,6-11H,4-5,12-18H2,1H3. The molecule has 3 aliphatic heterocycles. The number of piperazine rings is 1. The van der Waals surface area contributed by atoms with E-state index in [9.17, 15) is 4.79 Å². The minimum absolute atomic E-state index is 0.104. The molecule has 0 atom stereocenters. The zero-order chi connectivity index (χ0) is 21.3. The van der Waals surface area contributed by atoms with Gasteiger partial charge < -0.3 is 19.1 Å². The smallest absolute Gasteiger partial charge is 0.293 e. The van der Waals surface area contributed by atoms with Crippen LogP contribution in [0.25, 0.3) is 0 Å². The summed E-state index contributed by atoms with van der Waals surface area (Å²) in [7, 11) is 1.68. The summed E-state index contributed by atoms with van der Waals surface area (Å²) in [6.45, 7) is 5.20. The minimum atomic E-state index is -1.28. The molecule has 5 rings (SSSR count). The van der Waals surface area contributed by atoms with Gasteiger partial charge in [-0.05, 0) is 43.2 Å². The number of fused-ring (bicyclic) bond motifs is 2. The van der Waals surface area contributed by atoms with Crippen molar-refractivity contribution in [2.75, 3.05) is 63.0 Å². The summed E-state index contributed by atoms with van der Waals surface area (Å²) in [5.41, 5.74) is 2.92. The third-order valence-corrected chi connectivity index (χ3v) is 6.38. The summed E-state index contributed by atoms with van der Waals surface area (Å²) in [5, 5.41) is 0. The van der Waals surface area contributed by atoms with Gasteiger partial charge in [0, 0.05) is 37.4 Å². The van der Waals surface area contributed by atoms with Crippen molar-refractivity contribution in [2.45, 2.75) is 18.6 Å². The van der Waals surface area contributed by atoms with E-state index < -0.39 is 5.79 Å². The van der Waals surface area contributed by atoms with Crippen molar-refractivity contribution in [3.63, 3.8) is 0 Å². The Bertz CT molecular complexity index is 917. The maximum absolute atomic E-state index is 13.5. The van der Waals surface area contributed by atoms with Gasteiger partial charge >= 0.3 is 0 Å². The van der Waals surface area contributed by atoms with E-state index in [0.717, 1.165) is 56.0 Å². The first-order chi connectivity index (χ1) is 15.2. The van der Waals surface area contributed by atoms with E-state index in [1.807, 2.05) is 41.3 Å². The van der Waals surface area contributed by atoms with Crippen molar-refractivity contribution < 1.29 is 19.0 Å². The van der Waals surface area contributed by atoms with Crippen molar-refractivity contribution in [1.82, 2.24) is 4.90 Å². The first-order valence-electron chi connectivity index (χ1n) is 11.0. The number of nitrogens with zero attached hydrogens (tertiary/aromatic N) is 3. The van der Waals surface area contributed by atoms with Gasteiger partial charge in [-0.15, -0.1) is 0 Å². The Morgan fingerprint density at radius 1 is 0.935 bits per heavy atom. The Balaban J connectivity index is 1.29. The van der Waals surface area contributed by atoms with Crippen LogP contribution in [0.5, 0.6) is 5.75 Å². The molecule has 7 nitrogen and oxygen atoms in total. The van der Waals surface area contributed by atoms with E-state index in [2.05, 4.69) is 21.9 Å². The number of para-hydroxylation sites is 1. The van der Waals surface area contributed by atoms with Gasteiger partial charge in [-0.2, -0.15) is 0 Å². The molecule has 0 bridgehead atoms. The lowest BCUT2D eigenvalue weighted by atomic mass is 10.1. The van der Waals surface area contributed by atoms with Crippen LogP contribution in [-0.4, -0.2) is 64.0 Å². The predicted octanol–water partition coefficient (Wildman–Crippen LogP) is 2.80. The third-order valence-electron chi connectivity index (χ3n) is 6.38. The normalized spacial score (nSPS) is 21.3. The highest BCUT2D eigenvalue weighted by Crippen LogP contribution is 2.44. The summed E-state index contributed by atoms with van der Waals surface area (Å²) in [6, 6.07) is 16.0. The van der Waals surface area contributed by atoms with Crippen LogP contribution in [0.15, 0.2) is 48.5 Å². The van der Waals surface area contributed by atoms with Crippen molar-refractivity contribution >= 4 is 17.3 Å². The van der Waals surface area contributed by atoms with Gasteiger partial charge in [0.05, 0.1) is 32.7 Å². The largest absolute Gasteiger partial charge is 0.497 e. The fourth-order valence-electron chi connectivity index (χ4n) is 4.63. The molecule has 0 aliphatic carbocycles. The molecular weight excluding hydrogens is 394 g/mol. The molecule has 2 fully saturated rings. The molecule has 0 unspecified atom stereocenters. The molecule has 7 heteroatoms. The number of anilines is 2. The van der Waals surface area contributed by atoms with Gasteiger partial charge in [0.15, 0.2) is 0 Å². The summed E-state index contributed by atoms with van der Waals surface area (Å²) in [4.78, 5) is 20.1. The Hall–Kier alpha value is -2.61. The fourth-order valence-corrected chi connectivity index (χ4v) is 4.63. The molecule has 0 radical (unpaired) electrons. The van der Waals surface area contributed by atoms with Crippen molar-refractivity contribution in [3.05, 3.63) is 54.1 Å². The van der Waals surface area contributed by atoms with Crippen LogP contribution in [0, 0.1) is 0 Å². The molecule has 0 N–H and O–H groups in total. The van der Waals surface area contributed by atoms with E-state index >= 15 is 0 Å². The van der Waals surface area contributed by atoms with Crippen LogP contribution in [0.3, 0.4) is 0 Å². The van der Waals surface area contributed by atoms with Gasteiger partial charge in [-0.25, -0.2) is 0 Å². The Morgan fingerprint density at radius 3 is 2.29 bits per heavy atom. The Labute approximate surface area is 183 Å². The number of carbonyl (C=O) groups excluding carboxylic acids is 1. The first-order valence-corrected chi connectivity index (χ1v) is 11.0. The molecule has 2 saturated heterocycles. The summed E-state index contributed by atoms with van der Waals surface area (Å²) in [6.07, 6.45) is 1.81. The molecule has 0 aromatic heterocycles. The number of benzene rings is 2. The maximum Gasteiger partial charge on any atom is 0.293 e. The molecule has 2 aromatic rings. The molecule has 3 aliphatic rings. The SMILES string of the molecule is COc1ccc(N2CCN(CN3C(=O)C4(OCCCCO4)c4ccccc43)CC2)cc1. The quantitative estimate of drug-likeness (QED) is 0.754. The summed E-state index contributed by atoms with van der Waals surface area (Å²) in [5.74, 6) is -0.517. The number of methoxy groups -OCH3 is 1. The zero-order valence-electron chi connectivity index (χ0n) is 18.0. The van der Waals surface area contributed by atoms with E-state index in [1.54, 1.807) is 7.11 Å². The highest BCUT2D eigenvalue weighted by molar-refractivity contribution is 6.06. The lowest BCUT2D eigenvalue weighted by molar-refractivity contribution is -0.223. The first kappa shape index (κ1) is 20.3. The van der Waals surface area contributed by atoms with E-state index in [1.165, 1.54) is 5.69 Å². The lowest BCUT2D eigenvalue weighted by Gasteiger charge is -2.38. The van der Waals surface area contributed by atoms with Crippen molar-refractivity contribution in [3.8, 4) is 5.75 Å². The van der Waals surface area contributed by atoms with Gasteiger partial charge in [0.25, 0.3) is 11.7 Å². The van der Waals surface area contributed by atoms with Crippen molar-refractivity contribution in [1.29, 1.82) is 0 Å².